The Morgan fingerprint density at radius 1 is 1.45 bits per heavy atom. The molecule has 0 bridgehead atoms. The Morgan fingerprint density at radius 2 is 2.23 bits per heavy atom. The van der Waals surface area contributed by atoms with Crippen molar-refractivity contribution in [2.45, 2.75) is 45.2 Å². The van der Waals surface area contributed by atoms with Crippen molar-refractivity contribution in [3.05, 3.63) is 22.4 Å². The number of hydrogen-bond donors (Lipinski definition) is 2. The van der Waals surface area contributed by atoms with Crippen LogP contribution in [0.1, 0.15) is 42.8 Å². The summed E-state index contributed by atoms with van der Waals surface area (Å²) in [4.78, 5) is 27.5. The maximum Gasteiger partial charge on any atom is 0.264 e. The molecule has 2 rings (SSSR count). The van der Waals surface area contributed by atoms with E-state index in [1.165, 1.54) is 11.3 Å². The smallest absolute Gasteiger partial charge is 0.264 e. The minimum atomic E-state index is -0.406. The van der Waals surface area contributed by atoms with Gasteiger partial charge in [-0.2, -0.15) is 0 Å². The number of rotatable bonds is 5. The summed E-state index contributed by atoms with van der Waals surface area (Å²) in [6, 6.07) is 3.13. The standard InChI is InChI=1S/C16H24N2O3S/c1-11(10-19)12(2)17-15(20)13-6-3-4-8-18(13)16(21)14-7-5-9-22-14/h5,7,9,11-13,19H,3-4,6,8,10H2,1-2H3,(H,17,20). The largest absolute Gasteiger partial charge is 0.396 e. The van der Waals surface area contributed by atoms with Gasteiger partial charge < -0.3 is 15.3 Å². The molecule has 0 spiro atoms. The first-order valence-corrected chi connectivity index (χ1v) is 8.68. The van der Waals surface area contributed by atoms with E-state index in [9.17, 15) is 14.7 Å². The van der Waals surface area contributed by atoms with Crippen molar-refractivity contribution in [2.75, 3.05) is 13.2 Å². The van der Waals surface area contributed by atoms with Gasteiger partial charge in [0.05, 0.1) is 4.88 Å². The molecule has 1 saturated heterocycles. The number of piperidine rings is 1. The molecule has 1 aromatic rings. The van der Waals surface area contributed by atoms with Crippen molar-refractivity contribution < 1.29 is 14.7 Å². The van der Waals surface area contributed by atoms with Gasteiger partial charge in [-0.25, -0.2) is 0 Å². The summed E-state index contributed by atoms with van der Waals surface area (Å²) in [6.45, 7) is 4.43. The number of aliphatic hydroxyl groups is 1. The van der Waals surface area contributed by atoms with Crippen molar-refractivity contribution in [3.8, 4) is 0 Å². The maximum absolute atomic E-state index is 12.6. The second-order valence-corrected chi connectivity index (χ2v) is 6.89. The highest BCUT2D eigenvalue weighted by molar-refractivity contribution is 7.12. The van der Waals surface area contributed by atoms with Gasteiger partial charge in [0, 0.05) is 19.2 Å². The van der Waals surface area contributed by atoms with Crippen LogP contribution in [0.5, 0.6) is 0 Å². The molecular formula is C16H24N2O3S. The predicted octanol–water partition coefficient (Wildman–Crippen LogP) is 1.88. The summed E-state index contributed by atoms with van der Waals surface area (Å²) in [5.74, 6) is -0.177. The zero-order chi connectivity index (χ0) is 16.1. The van der Waals surface area contributed by atoms with Gasteiger partial charge in [0.1, 0.15) is 6.04 Å². The Kier molecular flexibility index (Phi) is 5.97. The second kappa shape index (κ2) is 7.74. The monoisotopic (exact) mass is 324 g/mol. The van der Waals surface area contributed by atoms with Gasteiger partial charge in [-0.1, -0.05) is 13.0 Å². The van der Waals surface area contributed by atoms with E-state index in [0.717, 1.165) is 12.8 Å². The molecule has 2 heterocycles. The van der Waals surface area contributed by atoms with Crippen LogP contribution in [-0.2, 0) is 4.79 Å². The van der Waals surface area contributed by atoms with Gasteiger partial charge in [-0.3, -0.25) is 9.59 Å². The van der Waals surface area contributed by atoms with E-state index in [1.807, 2.05) is 25.3 Å². The third kappa shape index (κ3) is 3.87. The van der Waals surface area contributed by atoms with Crippen molar-refractivity contribution in [3.63, 3.8) is 0 Å². The quantitative estimate of drug-likeness (QED) is 0.869. The Balaban J connectivity index is 2.06. The van der Waals surface area contributed by atoms with E-state index >= 15 is 0 Å². The third-order valence-electron chi connectivity index (χ3n) is 4.31. The molecule has 0 aliphatic carbocycles. The molecule has 1 aliphatic heterocycles. The lowest BCUT2D eigenvalue weighted by Gasteiger charge is -2.35. The summed E-state index contributed by atoms with van der Waals surface area (Å²) >= 11 is 1.40. The van der Waals surface area contributed by atoms with Crippen LogP contribution in [0.4, 0.5) is 0 Å². The molecule has 0 radical (unpaired) electrons. The zero-order valence-corrected chi connectivity index (χ0v) is 13.9. The van der Waals surface area contributed by atoms with Crippen LogP contribution in [-0.4, -0.2) is 47.1 Å². The lowest BCUT2D eigenvalue weighted by Crippen LogP contribution is -2.54. The van der Waals surface area contributed by atoms with Crippen LogP contribution in [0.15, 0.2) is 17.5 Å². The summed E-state index contributed by atoms with van der Waals surface area (Å²) < 4.78 is 0. The lowest BCUT2D eigenvalue weighted by molar-refractivity contribution is -0.127. The number of amides is 2. The number of nitrogens with one attached hydrogen (secondary N) is 1. The van der Waals surface area contributed by atoms with E-state index in [1.54, 1.807) is 11.0 Å². The Labute approximate surface area is 135 Å². The second-order valence-electron chi connectivity index (χ2n) is 5.94. The van der Waals surface area contributed by atoms with Crippen molar-refractivity contribution in [1.29, 1.82) is 0 Å². The Hall–Kier alpha value is -1.40. The first kappa shape index (κ1) is 17.0. The van der Waals surface area contributed by atoms with Gasteiger partial charge in [0.25, 0.3) is 5.91 Å². The van der Waals surface area contributed by atoms with Gasteiger partial charge in [-0.15, -0.1) is 11.3 Å². The number of thiophene rings is 1. The fraction of sp³-hybridized carbons (Fsp3) is 0.625. The highest BCUT2D eigenvalue weighted by Gasteiger charge is 2.33. The number of carbonyl (C=O) groups is 2. The highest BCUT2D eigenvalue weighted by Crippen LogP contribution is 2.22. The average Bonchev–Trinajstić information content (AvgIpc) is 3.07. The predicted molar refractivity (Wildman–Crippen MR) is 86.8 cm³/mol. The maximum atomic E-state index is 12.6. The molecule has 1 aromatic heterocycles. The minimum Gasteiger partial charge on any atom is -0.396 e. The first-order chi connectivity index (χ1) is 10.5. The summed E-state index contributed by atoms with van der Waals surface area (Å²) in [7, 11) is 0. The molecule has 122 valence electrons. The average molecular weight is 324 g/mol. The lowest BCUT2D eigenvalue weighted by atomic mass is 9.99. The third-order valence-corrected chi connectivity index (χ3v) is 5.17. The number of aliphatic hydroxyl groups excluding tert-OH is 1. The SMILES string of the molecule is CC(CO)C(C)NC(=O)C1CCCCN1C(=O)c1cccs1. The highest BCUT2D eigenvalue weighted by atomic mass is 32.1. The summed E-state index contributed by atoms with van der Waals surface area (Å²) in [5.41, 5.74) is 0. The van der Waals surface area contributed by atoms with Crippen LogP contribution < -0.4 is 5.32 Å². The minimum absolute atomic E-state index is 0.00557. The van der Waals surface area contributed by atoms with E-state index in [4.69, 9.17) is 0 Å². The molecule has 0 saturated carbocycles. The Bertz CT molecular complexity index is 503. The van der Waals surface area contributed by atoms with Crippen LogP contribution in [0.2, 0.25) is 0 Å². The molecule has 5 nitrogen and oxygen atoms in total. The van der Waals surface area contributed by atoms with Gasteiger partial charge in [0.2, 0.25) is 5.91 Å². The fourth-order valence-corrected chi connectivity index (χ4v) is 3.29. The molecule has 2 N–H and O–H groups in total. The normalized spacial score (nSPS) is 21.2. The van der Waals surface area contributed by atoms with Crippen molar-refractivity contribution in [2.24, 2.45) is 5.92 Å². The van der Waals surface area contributed by atoms with Crippen molar-refractivity contribution in [1.82, 2.24) is 10.2 Å². The molecule has 2 amide bonds. The molecule has 6 heteroatoms. The van der Waals surface area contributed by atoms with Crippen molar-refractivity contribution >= 4 is 23.2 Å². The first-order valence-electron chi connectivity index (χ1n) is 7.80. The fourth-order valence-electron chi connectivity index (χ4n) is 2.61. The molecular weight excluding hydrogens is 300 g/mol. The Morgan fingerprint density at radius 3 is 2.86 bits per heavy atom. The number of likely N-dealkylation sites (tertiary alicyclic amines) is 1. The van der Waals surface area contributed by atoms with Gasteiger partial charge in [-0.05, 0) is 43.6 Å². The van der Waals surface area contributed by atoms with Gasteiger partial charge >= 0.3 is 0 Å². The molecule has 3 unspecified atom stereocenters. The zero-order valence-electron chi connectivity index (χ0n) is 13.1. The van der Waals surface area contributed by atoms with E-state index in [-0.39, 0.29) is 30.4 Å². The summed E-state index contributed by atoms with van der Waals surface area (Å²) in [5, 5.41) is 14.0. The van der Waals surface area contributed by atoms with Gasteiger partial charge in [0.15, 0.2) is 0 Å². The van der Waals surface area contributed by atoms with E-state index < -0.39 is 6.04 Å². The topological polar surface area (TPSA) is 69.6 Å². The van der Waals surface area contributed by atoms with E-state index in [0.29, 0.717) is 17.8 Å². The van der Waals surface area contributed by atoms with Crippen LogP contribution in [0.3, 0.4) is 0 Å². The van der Waals surface area contributed by atoms with Crippen LogP contribution in [0.25, 0.3) is 0 Å². The molecule has 1 aliphatic rings. The molecule has 3 atom stereocenters. The molecule has 1 fully saturated rings. The van der Waals surface area contributed by atoms with Crippen LogP contribution in [0, 0.1) is 5.92 Å². The molecule has 0 aromatic carbocycles. The molecule has 22 heavy (non-hydrogen) atoms. The number of hydrogen-bond acceptors (Lipinski definition) is 4. The number of nitrogens with zero attached hydrogens (tertiary/aromatic N) is 1. The number of carbonyl (C=O) groups excluding carboxylic acids is 2. The summed E-state index contributed by atoms with van der Waals surface area (Å²) in [6.07, 6.45) is 2.59. The van der Waals surface area contributed by atoms with Crippen LogP contribution >= 0.6 is 11.3 Å². The van der Waals surface area contributed by atoms with E-state index in [2.05, 4.69) is 5.32 Å².